The lowest BCUT2D eigenvalue weighted by molar-refractivity contribution is -0.136. The lowest BCUT2D eigenvalue weighted by atomic mass is 10.2. The van der Waals surface area contributed by atoms with E-state index in [4.69, 9.17) is 0 Å². The van der Waals surface area contributed by atoms with Gasteiger partial charge in [-0.1, -0.05) is 6.08 Å². The number of carbonyl (C=O) groups excluding carboxylic acids is 2. The number of carbonyl (C=O) groups is 2. The Morgan fingerprint density at radius 1 is 1.25 bits per heavy atom. The van der Waals surface area contributed by atoms with Gasteiger partial charge in [0.05, 0.1) is 0 Å². The van der Waals surface area contributed by atoms with Crippen LogP contribution in [-0.2, 0) is 9.59 Å². The molecule has 1 aliphatic rings. The molecule has 0 aromatic heterocycles. The fraction of sp³-hybridized carbons (Fsp3) is 0.333. The van der Waals surface area contributed by atoms with Gasteiger partial charge in [0.2, 0.25) is 0 Å². The topological polar surface area (TPSA) is 37.4 Å². The minimum absolute atomic E-state index is 0.197. The Labute approximate surface area is 71.4 Å². The maximum atomic E-state index is 11.3. The Balaban J connectivity index is 2.95. The van der Waals surface area contributed by atoms with Crippen LogP contribution in [0.2, 0.25) is 0 Å². The summed E-state index contributed by atoms with van der Waals surface area (Å²) in [5.74, 6) is -0.394. The molecule has 0 N–H and O–H groups in total. The predicted octanol–water partition coefficient (Wildman–Crippen LogP) is 0.878. The Bertz CT molecular complexity index is 265. The second-order valence-corrected chi connectivity index (χ2v) is 2.76. The van der Waals surface area contributed by atoms with Gasteiger partial charge in [0.15, 0.2) is 0 Å². The number of amides is 2. The molecular formula is C9H11NO2. The van der Waals surface area contributed by atoms with Crippen molar-refractivity contribution in [3.8, 4) is 0 Å². The van der Waals surface area contributed by atoms with E-state index in [1.54, 1.807) is 19.9 Å². The van der Waals surface area contributed by atoms with Crippen molar-refractivity contribution < 1.29 is 9.59 Å². The van der Waals surface area contributed by atoms with Crippen LogP contribution in [0, 0.1) is 0 Å². The second kappa shape index (κ2) is 2.93. The zero-order valence-corrected chi connectivity index (χ0v) is 7.26. The molecule has 1 rings (SSSR count). The molecule has 2 amide bonds. The van der Waals surface area contributed by atoms with Gasteiger partial charge < -0.3 is 0 Å². The van der Waals surface area contributed by atoms with E-state index in [2.05, 4.69) is 6.58 Å². The average molecular weight is 165 g/mol. The van der Waals surface area contributed by atoms with Crippen LogP contribution in [0.4, 0.5) is 0 Å². The molecule has 0 saturated carbocycles. The van der Waals surface area contributed by atoms with E-state index in [1.807, 2.05) is 0 Å². The summed E-state index contributed by atoms with van der Waals surface area (Å²) in [6.07, 6.45) is 1.54. The normalized spacial score (nSPS) is 17.7. The third-order valence-corrected chi connectivity index (χ3v) is 2.01. The van der Waals surface area contributed by atoms with Crippen LogP contribution >= 0.6 is 0 Å². The molecule has 0 aromatic rings. The zero-order chi connectivity index (χ0) is 9.30. The van der Waals surface area contributed by atoms with Crippen molar-refractivity contribution >= 4 is 11.8 Å². The SMILES string of the molecule is C=CCN1C(=O)C(C)=C(C)C1=O. The van der Waals surface area contributed by atoms with Crippen molar-refractivity contribution in [3.63, 3.8) is 0 Å². The number of nitrogens with zero attached hydrogens (tertiary/aromatic N) is 1. The lowest BCUT2D eigenvalue weighted by Gasteiger charge is -2.10. The molecule has 1 heterocycles. The molecule has 0 aliphatic carbocycles. The smallest absolute Gasteiger partial charge is 0.257 e. The monoisotopic (exact) mass is 165 g/mol. The van der Waals surface area contributed by atoms with E-state index in [-0.39, 0.29) is 11.8 Å². The summed E-state index contributed by atoms with van der Waals surface area (Å²) in [6.45, 7) is 7.11. The molecule has 3 nitrogen and oxygen atoms in total. The molecule has 0 atom stereocenters. The Kier molecular flexibility index (Phi) is 2.13. The minimum atomic E-state index is -0.197. The molecule has 0 saturated heterocycles. The minimum Gasteiger partial charge on any atom is -0.271 e. The summed E-state index contributed by atoms with van der Waals surface area (Å²) in [5, 5.41) is 0. The lowest BCUT2D eigenvalue weighted by Crippen LogP contribution is -2.31. The maximum Gasteiger partial charge on any atom is 0.257 e. The van der Waals surface area contributed by atoms with Gasteiger partial charge in [-0.15, -0.1) is 6.58 Å². The first-order valence-electron chi connectivity index (χ1n) is 3.74. The van der Waals surface area contributed by atoms with E-state index in [0.717, 1.165) is 0 Å². The van der Waals surface area contributed by atoms with E-state index >= 15 is 0 Å². The van der Waals surface area contributed by atoms with Crippen LogP contribution in [0.3, 0.4) is 0 Å². The molecule has 12 heavy (non-hydrogen) atoms. The van der Waals surface area contributed by atoms with Crippen LogP contribution in [0.25, 0.3) is 0 Å². The van der Waals surface area contributed by atoms with E-state index in [0.29, 0.717) is 17.7 Å². The Morgan fingerprint density at radius 3 is 2.00 bits per heavy atom. The van der Waals surface area contributed by atoms with Gasteiger partial charge in [0.25, 0.3) is 11.8 Å². The highest BCUT2D eigenvalue weighted by Crippen LogP contribution is 2.18. The Hall–Kier alpha value is -1.38. The van der Waals surface area contributed by atoms with Gasteiger partial charge >= 0.3 is 0 Å². The fourth-order valence-electron chi connectivity index (χ4n) is 1.11. The van der Waals surface area contributed by atoms with E-state index in [9.17, 15) is 9.59 Å². The molecule has 64 valence electrons. The summed E-state index contributed by atoms with van der Waals surface area (Å²) in [5.41, 5.74) is 1.09. The van der Waals surface area contributed by atoms with E-state index in [1.165, 1.54) is 4.90 Å². The fourth-order valence-corrected chi connectivity index (χ4v) is 1.11. The third kappa shape index (κ3) is 1.07. The number of hydrogen-bond acceptors (Lipinski definition) is 2. The number of rotatable bonds is 2. The van der Waals surface area contributed by atoms with Gasteiger partial charge in [-0.3, -0.25) is 14.5 Å². The predicted molar refractivity (Wildman–Crippen MR) is 45.3 cm³/mol. The first-order valence-corrected chi connectivity index (χ1v) is 3.74. The van der Waals surface area contributed by atoms with Crippen molar-refractivity contribution in [1.29, 1.82) is 0 Å². The molecule has 0 aromatic carbocycles. The summed E-state index contributed by atoms with van der Waals surface area (Å²) < 4.78 is 0. The molecule has 0 radical (unpaired) electrons. The van der Waals surface area contributed by atoms with Crippen molar-refractivity contribution in [1.82, 2.24) is 4.90 Å². The van der Waals surface area contributed by atoms with Crippen LogP contribution in [0.15, 0.2) is 23.8 Å². The molecule has 1 aliphatic heterocycles. The van der Waals surface area contributed by atoms with Crippen molar-refractivity contribution in [2.24, 2.45) is 0 Å². The van der Waals surface area contributed by atoms with Crippen LogP contribution in [-0.4, -0.2) is 23.3 Å². The summed E-state index contributed by atoms with van der Waals surface area (Å²) >= 11 is 0. The molecular weight excluding hydrogens is 154 g/mol. The number of hydrogen-bond donors (Lipinski definition) is 0. The first kappa shape index (κ1) is 8.71. The summed E-state index contributed by atoms with van der Waals surface area (Å²) in [4.78, 5) is 23.8. The first-order chi connectivity index (χ1) is 5.59. The summed E-state index contributed by atoms with van der Waals surface area (Å²) in [6, 6.07) is 0. The molecule has 0 fully saturated rings. The highest BCUT2D eigenvalue weighted by molar-refractivity contribution is 6.18. The average Bonchev–Trinajstić information content (AvgIpc) is 2.23. The highest BCUT2D eigenvalue weighted by Gasteiger charge is 2.31. The van der Waals surface area contributed by atoms with Gasteiger partial charge in [-0.2, -0.15) is 0 Å². The van der Waals surface area contributed by atoms with Crippen LogP contribution < -0.4 is 0 Å². The van der Waals surface area contributed by atoms with Crippen molar-refractivity contribution in [2.75, 3.05) is 6.54 Å². The summed E-state index contributed by atoms with van der Waals surface area (Å²) in [7, 11) is 0. The van der Waals surface area contributed by atoms with E-state index < -0.39 is 0 Å². The van der Waals surface area contributed by atoms with Crippen LogP contribution in [0.1, 0.15) is 13.8 Å². The highest BCUT2D eigenvalue weighted by atomic mass is 16.2. The number of imide groups is 1. The standard InChI is InChI=1S/C9H11NO2/c1-4-5-10-8(11)6(2)7(3)9(10)12/h4H,1,5H2,2-3H3. The van der Waals surface area contributed by atoms with Crippen LogP contribution in [0.5, 0.6) is 0 Å². The van der Waals surface area contributed by atoms with Crippen molar-refractivity contribution in [3.05, 3.63) is 23.8 Å². The van der Waals surface area contributed by atoms with Crippen molar-refractivity contribution in [2.45, 2.75) is 13.8 Å². The molecule has 0 spiro atoms. The molecule has 0 bridgehead atoms. The largest absolute Gasteiger partial charge is 0.271 e. The molecule has 3 heteroatoms. The second-order valence-electron chi connectivity index (χ2n) is 2.76. The third-order valence-electron chi connectivity index (χ3n) is 2.01. The van der Waals surface area contributed by atoms with Gasteiger partial charge in [-0.25, -0.2) is 0 Å². The van der Waals surface area contributed by atoms with Gasteiger partial charge in [-0.05, 0) is 13.8 Å². The quantitative estimate of drug-likeness (QED) is 0.450. The Morgan fingerprint density at radius 2 is 1.67 bits per heavy atom. The molecule has 0 unspecified atom stereocenters. The maximum absolute atomic E-state index is 11.3. The van der Waals surface area contributed by atoms with Gasteiger partial charge in [0, 0.05) is 17.7 Å². The van der Waals surface area contributed by atoms with Gasteiger partial charge in [0.1, 0.15) is 0 Å². The zero-order valence-electron chi connectivity index (χ0n) is 7.26.